The van der Waals surface area contributed by atoms with E-state index in [-0.39, 0.29) is 36.1 Å². The van der Waals surface area contributed by atoms with Crippen LogP contribution in [0, 0.1) is 0 Å². The molecule has 3 aromatic rings. The normalized spacial score (nSPS) is 10.8. The van der Waals surface area contributed by atoms with E-state index in [0.717, 1.165) is 11.1 Å². The van der Waals surface area contributed by atoms with Gasteiger partial charge in [-0.05, 0) is 35.4 Å². The third-order valence-corrected chi connectivity index (χ3v) is 4.39. The van der Waals surface area contributed by atoms with Crippen molar-refractivity contribution >= 4 is 35.7 Å². The molecule has 9 heteroatoms. The van der Waals surface area contributed by atoms with Crippen LogP contribution < -0.4 is 16.4 Å². The van der Waals surface area contributed by atoms with E-state index in [2.05, 4.69) is 20.8 Å². The first kappa shape index (κ1) is 24.0. The summed E-state index contributed by atoms with van der Waals surface area (Å²) in [6.07, 6.45) is 1.73. The van der Waals surface area contributed by atoms with Gasteiger partial charge in [0, 0.05) is 29.9 Å². The molecule has 0 spiro atoms. The first-order valence-electron chi connectivity index (χ1n) is 9.57. The fraction of sp³-hybridized carbons (Fsp3) is 0.273. The van der Waals surface area contributed by atoms with Crippen molar-refractivity contribution in [2.24, 2.45) is 5.73 Å². The van der Waals surface area contributed by atoms with Gasteiger partial charge in [-0.15, -0.1) is 12.4 Å². The summed E-state index contributed by atoms with van der Waals surface area (Å²) in [5, 5.41) is 9.40. The predicted octanol–water partition coefficient (Wildman–Crippen LogP) is 3.68. The maximum Gasteiger partial charge on any atom is 0.274 e. The van der Waals surface area contributed by atoms with Crippen molar-refractivity contribution < 1.29 is 14.1 Å². The molecule has 0 aliphatic heterocycles. The number of amides is 2. The van der Waals surface area contributed by atoms with Crippen LogP contribution in [-0.2, 0) is 23.2 Å². The number of aromatic nitrogens is 2. The lowest BCUT2D eigenvalue weighted by atomic mass is 9.93. The summed E-state index contributed by atoms with van der Waals surface area (Å²) in [4.78, 5) is 28.7. The Hall–Kier alpha value is -3.23. The van der Waals surface area contributed by atoms with E-state index in [9.17, 15) is 9.59 Å². The number of carbonyl (C=O) groups excluding carboxylic acids is 2. The number of rotatable bonds is 6. The van der Waals surface area contributed by atoms with E-state index in [0.29, 0.717) is 29.5 Å². The smallest absolute Gasteiger partial charge is 0.274 e. The molecule has 0 saturated carbocycles. The summed E-state index contributed by atoms with van der Waals surface area (Å²) in [6, 6.07) is 12.2. The molecule has 2 aromatic heterocycles. The van der Waals surface area contributed by atoms with Crippen LogP contribution in [0.2, 0.25) is 0 Å². The Labute approximate surface area is 187 Å². The number of halogens is 1. The van der Waals surface area contributed by atoms with Crippen LogP contribution in [0.15, 0.2) is 53.2 Å². The maximum absolute atomic E-state index is 12.3. The average Bonchev–Trinajstić information content (AvgIpc) is 3.18. The summed E-state index contributed by atoms with van der Waals surface area (Å²) in [6.45, 7) is 6.35. The second-order valence-electron chi connectivity index (χ2n) is 7.96. The highest BCUT2D eigenvalue weighted by molar-refractivity contribution is 6.03. The zero-order valence-electron chi connectivity index (χ0n) is 17.6. The van der Waals surface area contributed by atoms with Gasteiger partial charge in [0.1, 0.15) is 11.5 Å². The number of pyridine rings is 1. The van der Waals surface area contributed by atoms with E-state index < -0.39 is 0 Å². The quantitative estimate of drug-likeness (QED) is 0.534. The van der Waals surface area contributed by atoms with Gasteiger partial charge in [-0.2, -0.15) is 0 Å². The Morgan fingerprint density at radius 1 is 1.03 bits per heavy atom. The third-order valence-electron chi connectivity index (χ3n) is 4.39. The molecule has 0 unspecified atom stereocenters. The van der Waals surface area contributed by atoms with Crippen LogP contribution in [0.1, 0.15) is 48.1 Å². The van der Waals surface area contributed by atoms with Crippen LogP contribution in [0.3, 0.4) is 0 Å². The molecule has 31 heavy (non-hydrogen) atoms. The van der Waals surface area contributed by atoms with Crippen molar-refractivity contribution in [3.63, 3.8) is 0 Å². The standard InChI is InChI=1S/C22H25N5O3.ClH/c1-22(2,3)18-12-19(27-30-18)26-20(28)11-14-4-6-16(7-5-14)25-21(29)17-10-15(13-23)8-9-24-17;/h4-10,12H,11,13,23H2,1-3H3,(H,25,29)(H,26,27,28);1H. The van der Waals surface area contributed by atoms with Crippen LogP contribution in [0.5, 0.6) is 0 Å². The molecule has 0 atom stereocenters. The van der Waals surface area contributed by atoms with Crippen molar-refractivity contribution in [2.75, 3.05) is 10.6 Å². The minimum absolute atomic E-state index is 0. The van der Waals surface area contributed by atoms with Gasteiger partial charge in [0.2, 0.25) is 5.91 Å². The molecular weight excluding hydrogens is 418 g/mol. The Morgan fingerprint density at radius 3 is 2.35 bits per heavy atom. The maximum atomic E-state index is 12.3. The Bertz CT molecular complexity index is 1040. The molecular formula is C22H26ClN5O3. The Morgan fingerprint density at radius 2 is 1.74 bits per heavy atom. The number of benzene rings is 1. The highest BCUT2D eigenvalue weighted by Gasteiger charge is 2.20. The average molecular weight is 444 g/mol. The number of nitrogens with two attached hydrogens (primary N) is 1. The summed E-state index contributed by atoms with van der Waals surface area (Å²) in [5.74, 6) is 0.560. The number of carbonyl (C=O) groups is 2. The van der Waals surface area contributed by atoms with E-state index in [4.69, 9.17) is 10.3 Å². The first-order chi connectivity index (χ1) is 14.2. The number of anilines is 2. The molecule has 0 aliphatic carbocycles. The van der Waals surface area contributed by atoms with Gasteiger partial charge in [0.15, 0.2) is 5.82 Å². The minimum Gasteiger partial charge on any atom is -0.359 e. The zero-order valence-corrected chi connectivity index (χ0v) is 18.5. The Balaban J connectivity index is 0.00000341. The Kier molecular flexibility index (Phi) is 7.90. The topological polar surface area (TPSA) is 123 Å². The molecule has 3 rings (SSSR count). The summed E-state index contributed by atoms with van der Waals surface area (Å²) < 4.78 is 5.27. The number of hydrogen-bond donors (Lipinski definition) is 3. The van der Waals surface area contributed by atoms with Crippen molar-refractivity contribution in [1.82, 2.24) is 10.1 Å². The van der Waals surface area contributed by atoms with Crippen LogP contribution in [0.25, 0.3) is 0 Å². The van der Waals surface area contributed by atoms with E-state index in [1.165, 1.54) is 0 Å². The fourth-order valence-electron chi connectivity index (χ4n) is 2.69. The molecule has 0 saturated heterocycles. The van der Waals surface area contributed by atoms with Gasteiger partial charge in [-0.25, -0.2) is 0 Å². The lowest BCUT2D eigenvalue weighted by Gasteiger charge is -2.12. The van der Waals surface area contributed by atoms with Crippen molar-refractivity contribution in [3.05, 3.63) is 71.2 Å². The monoisotopic (exact) mass is 443 g/mol. The van der Waals surface area contributed by atoms with E-state index >= 15 is 0 Å². The number of nitrogens with one attached hydrogen (secondary N) is 2. The molecule has 1 aromatic carbocycles. The molecule has 0 fully saturated rings. The predicted molar refractivity (Wildman–Crippen MR) is 121 cm³/mol. The van der Waals surface area contributed by atoms with Crippen molar-refractivity contribution in [3.8, 4) is 0 Å². The molecule has 164 valence electrons. The van der Waals surface area contributed by atoms with Gasteiger partial charge in [-0.1, -0.05) is 38.1 Å². The van der Waals surface area contributed by atoms with Crippen molar-refractivity contribution in [2.45, 2.75) is 39.2 Å². The summed E-state index contributed by atoms with van der Waals surface area (Å²) in [5.41, 5.74) is 7.95. The summed E-state index contributed by atoms with van der Waals surface area (Å²) in [7, 11) is 0. The van der Waals surface area contributed by atoms with Gasteiger partial charge in [0.25, 0.3) is 5.91 Å². The minimum atomic E-state index is -0.323. The lowest BCUT2D eigenvalue weighted by molar-refractivity contribution is -0.115. The lowest BCUT2D eigenvalue weighted by Crippen LogP contribution is -2.15. The molecule has 8 nitrogen and oxygen atoms in total. The third kappa shape index (κ3) is 6.63. The van der Waals surface area contributed by atoms with Crippen LogP contribution >= 0.6 is 12.4 Å². The van der Waals surface area contributed by atoms with Gasteiger partial charge < -0.3 is 20.9 Å². The molecule has 2 amide bonds. The molecule has 2 heterocycles. The van der Waals surface area contributed by atoms with Crippen LogP contribution in [0.4, 0.5) is 11.5 Å². The fourth-order valence-corrected chi connectivity index (χ4v) is 2.69. The summed E-state index contributed by atoms with van der Waals surface area (Å²) >= 11 is 0. The largest absolute Gasteiger partial charge is 0.359 e. The second kappa shape index (κ2) is 10.2. The van der Waals surface area contributed by atoms with Gasteiger partial charge >= 0.3 is 0 Å². The van der Waals surface area contributed by atoms with E-state index in [1.807, 2.05) is 20.8 Å². The molecule has 0 radical (unpaired) electrons. The molecule has 0 bridgehead atoms. The highest BCUT2D eigenvalue weighted by atomic mass is 35.5. The zero-order chi connectivity index (χ0) is 21.7. The van der Waals surface area contributed by atoms with Crippen LogP contribution in [-0.4, -0.2) is 22.0 Å². The molecule has 0 aliphatic rings. The number of nitrogens with zero attached hydrogens (tertiary/aromatic N) is 2. The van der Waals surface area contributed by atoms with E-state index in [1.54, 1.807) is 48.7 Å². The number of hydrogen-bond acceptors (Lipinski definition) is 6. The first-order valence-corrected chi connectivity index (χ1v) is 9.57. The highest BCUT2D eigenvalue weighted by Crippen LogP contribution is 2.24. The van der Waals surface area contributed by atoms with Gasteiger partial charge in [-0.3, -0.25) is 14.6 Å². The SMILES string of the molecule is CC(C)(C)c1cc(NC(=O)Cc2ccc(NC(=O)c3cc(CN)ccn3)cc2)no1.Cl. The van der Waals surface area contributed by atoms with Crippen molar-refractivity contribution in [1.29, 1.82) is 0 Å². The second-order valence-corrected chi connectivity index (χ2v) is 7.96. The van der Waals surface area contributed by atoms with Gasteiger partial charge in [0.05, 0.1) is 6.42 Å². The molecule has 4 N–H and O–H groups in total.